The molecule has 2 aromatic heterocycles. The third-order valence-corrected chi connectivity index (χ3v) is 9.01. The van der Waals surface area contributed by atoms with E-state index >= 15 is 0 Å². The zero-order valence-electron chi connectivity index (χ0n) is 22.5. The maximum absolute atomic E-state index is 13.4. The van der Waals surface area contributed by atoms with Crippen molar-refractivity contribution in [1.29, 1.82) is 0 Å². The van der Waals surface area contributed by atoms with Crippen molar-refractivity contribution in [3.8, 4) is 5.75 Å². The first-order valence-electron chi connectivity index (χ1n) is 13.2. The third kappa shape index (κ3) is 6.71. The first-order valence-corrected chi connectivity index (χ1v) is 14.8. The predicted molar refractivity (Wildman–Crippen MR) is 161 cm³/mol. The molecular weight excluding hydrogens is 572 g/mol. The van der Waals surface area contributed by atoms with E-state index in [0.29, 0.717) is 24.6 Å². The van der Waals surface area contributed by atoms with Gasteiger partial charge in [-0.15, -0.1) is 11.3 Å². The van der Waals surface area contributed by atoms with E-state index in [1.165, 1.54) is 4.88 Å². The summed E-state index contributed by atoms with van der Waals surface area (Å²) in [5, 5.41) is 3.79. The van der Waals surface area contributed by atoms with Crippen LogP contribution in [0.3, 0.4) is 0 Å². The molecule has 1 aliphatic carbocycles. The van der Waals surface area contributed by atoms with Crippen molar-refractivity contribution in [3.05, 3.63) is 104 Å². The number of hydrogen-bond acceptors (Lipinski definition) is 5. The van der Waals surface area contributed by atoms with Crippen molar-refractivity contribution >= 4 is 44.4 Å². The van der Waals surface area contributed by atoms with Crippen molar-refractivity contribution in [2.75, 3.05) is 0 Å². The van der Waals surface area contributed by atoms with Crippen molar-refractivity contribution in [1.82, 2.24) is 5.32 Å². The van der Waals surface area contributed by atoms with E-state index < -0.39 is 0 Å². The molecule has 1 N–H and O–H groups in total. The number of nitrogens with one attached hydrogen (secondary N) is 1. The van der Waals surface area contributed by atoms with Gasteiger partial charge in [0.15, 0.2) is 0 Å². The van der Waals surface area contributed by atoms with Crippen LogP contribution in [-0.4, -0.2) is 12.1 Å². The fraction of sp³-hybridized carbons (Fsp3) is 0.312. The summed E-state index contributed by atoms with van der Waals surface area (Å²) in [5.74, 6) is 1.98. The molecule has 1 amide bonds. The van der Waals surface area contributed by atoms with Gasteiger partial charge in [-0.2, -0.15) is 0 Å². The highest BCUT2D eigenvalue weighted by atomic mass is 79.9. The SMILES string of the molecule is CC(C)(C)[C@@H]1CCc2c(sc(N=Cc3ccc(OCc4ccccc4)c(Br)c3)c2C(=O)NCc2ccco2)C1. The van der Waals surface area contributed by atoms with E-state index in [1.807, 2.05) is 66.9 Å². The van der Waals surface area contributed by atoms with Gasteiger partial charge >= 0.3 is 0 Å². The van der Waals surface area contributed by atoms with Gasteiger partial charge in [0.25, 0.3) is 5.91 Å². The Morgan fingerprint density at radius 2 is 2.00 bits per heavy atom. The molecule has 0 unspecified atom stereocenters. The first-order chi connectivity index (χ1) is 18.8. The second-order valence-corrected chi connectivity index (χ2v) is 12.9. The standard InChI is InChI=1S/C32H33BrN2O3S/c1-32(2,3)23-12-13-25-28(17-23)39-31(29(25)30(36)34-19-24-10-7-15-37-24)35-18-22-11-14-27(26(33)16-22)38-20-21-8-5-4-6-9-21/h4-11,14-16,18,23H,12-13,17,19-20H2,1-3H3,(H,34,36)/t23-/m1/s1. The van der Waals surface area contributed by atoms with E-state index in [-0.39, 0.29) is 11.3 Å². The van der Waals surface area contributed by atoms with Gasteiger partial charge in [-0.05, 0) is 93.5 Å². The Morgan fingerprint density at radius 1 is 1.18 bits per heavy atom. The molecule has 0 saturated carbocycles. The minimum Gasteiger partial charge on any atom is -0.488 e. The normalized spacial score (nSPS) is 15.3. The molecule has 7 heteroatoms. The number of amides is 1. The Labute approximate surface area is 242 Å². The van der Waals surface area contributed by atoms with Crippen LogP contribution in [0.5, 0.6) is 5.75 Å². The average Bonchev–Trinajstić information content (AvgIpc) is 3.57. The summed E-state index contributed by atoms with van der Waals surface area (Å²) in [6.07, 6.45) is 6.40. The number of halogens is 1. The molecule has 5 nitrogen and oxygen atoms in total. The van der Waals surface area contributed by atoms with Crippen LogP contribution in [0.15, 0.2) is 80.8 Å². The van der Waals surface area contributed by atoms with E-state index in [4.69, 9.17) is 14.1 Å². The van der Waals surface area contributed by atoms with Crippen LogP contribution >= 0.6 is 27.3 Å². The quantitative estimate of drug-likeness (QED) is 0.205. The third-order valence-electron chi connectivity index (χ3n) is 7.23. The number of benzene rings is 2. The minimum absolute atomic E-state index is 0.101. The van der Waals surface area contributed by atoms with Crippen molar-refractivity contribution in [3.63, 3.8) is 0 Å². The lowest BCUT2D eigenvalue weighted by Gasteiger charge is -2.33. The number of furan rings is 1. The molecule has 202 valence electrons. The lowest BCUT2D eigenvalue weighted by atomic mass is 9.72. The summed E-state index contributed by atoms with van der Waals surface area (Å²) in [7, 11) is 0. The van der Waals surface area contributed by atoms with Crippen molar-refractivity contribution in [2.45, 2.75) is 53.2 Å². The number of hydrogen-bond donors (Lipinski definition) is 1. The van der Waals surface area contributed by atoms with Gasteiger partial charge in [0.2, 0.25) is 0 Å². The number of carbonyl (C=O) groups is 1. The summed E-state index contributed by atoms with van der Waals surface area (Å²) in [6.45, 7) is 7.76. The van der Waals surface area contributed by atoms with Gasteiger partial charge in [0, 0.05) is 11.1 Å². The van der Waals surface area contributed by atoms with Gasteiger partial charge < -0.3 is 14.5 Å². The molecule has 2 heterocycles. The van der Waals surface area contributed by atoms with Gasteiger partial charge in [-0.3, -0.25) is 4.79 Å². The van der Waals surface area contributed by atoms with Crippen LogP contribution in [0.4, 0.5) is 5.00 Å². The van der Waals surface area contributed by atoms with Crippen LogP contribution in [-0.2, 0) is 26.0 Å². The van der Waals surface area contributed by atoms with Crippen molar-refractivity contribution < 1.29 is 13.9 Å². The van der Waals surface area contributed by atoms with E-state index in [9.17, 15) is 4.79 Å². The molecule has 0 aliphatic heterocycles. The number of carbonyl (C=O) groups excluding carboxylic acids is 1. The molecule has 0 fully saturated rings. The maximum atomic E-state index is 13.4. The van der Waals surface area contributed by atoms with Gasteiger partial charge in [0.1, 0.15) is 23.1 Å². The lowest BCUT2D eigenvalue weighted by Crippen LogP contribution is -2.28. The fourth-order valence-electron chi connectivity index (χ4n) is 4.89. The van der Waals surface area contributed by atoms with Gasteiger partial charge in [-0.25, -0.2) is 4.99 Å². The molecule has 39 heavy (non-hydrogen) atoms. The van der Waals surface area contributed by atoms with Crippen LogP contribution in [0.25, 0.3) is 0 Å². The average molecular weight is 606 g/mol. The van der Waals surface area contributed by atoms with E-state index in [2.05, 4.69) is 42.0 Å². The summed E-state index contributed by atoms with van der Waals surface area (Å²) < 4.78 is 12.3. The molecule has 4 aromatic rings. The maximum Gasteiger partial charge on any atom is 0.255 e. The Kier molecular flexibility index (Phi) is 8.38. The number of rotatable bonds is 8. The molecule has 0 spiro atoms. The van der Waals surface area contributed by atoms with Crippen molar-refractivity contribution in [2.24, 2.45) is 16.3 Å². The molecule has 1 atom stereocenters. The molecular formula is C32H33BrN2O3S. The van der Waals surface area contributed by atoms with Crippen LogP contribution in [0.1, 0.15) is 64.9 Å². The molecule has 5 rings (SSSR count). The zero-order chi connectivity index (χ0) is 27.4. The Bertz CT molecular complexity index is 1450. The minimum atomic E-state index is -0.101. The molecule has 1 aliphatic rings. The Morgan fingerprint density at radius 3 is 2.72 bits per heavy atom. The van der Waals surface area contributed by atoms with Gasteiger partial charge in [0.05, 0.1) is 22.8 Å². The second-order valence-electron chi connectivity index (χ2n) is 11.0. The lowest BCUT2D eigenvalue weighted by molar-refractivity contribution is 0.0947. The zero-order valence-corrected chi connectivity index (χ0v) is 24.9. The number of aliphatic imine (C=N–C) groups is 1. The van der Waals surface area contributed by atoms with Gasteiger partial charge in [-0.1, -0.05) is 51.1 Å². The topological polar surface area (TPSA) is 63.8 Å². The largest absolute Gasteiger partial charge is 0.488 e. The number of nitrogens with zero attached hydrogens (tertiary/aromatic N) is 1. The van der Waals surface area contributed by atoms with E-state index in [1.54, 1.807) is 17.6 Å². The number of ether oxygens (including phenoxy) is 1. The summed E-state index contributed by atoms with van der Waals surface area (Å²) >= 11 is 5.29. The highest BCUT2D eigenvalue weighted by molar-refractivity contribution is 9.10. The molecule has 0 radical (unpaired) electrons. The smallest absolute Gasteiger partial charge is 0.255 e. The number of fused-ring (bicyclic) bond motifs is 1. The highest BCUT2D eigenvalue weighted by Crippen LogP contribution is 2.45. The van der Waals surface area contributed by atoms with E-state index in [0.717, 1.165) is 56.9 Å². The Hall–Kier alpha value is -3.16. The van der Waals surface area contributed by atoms with Crippen LogP contribution < -0.4 is 10.1 Å². The highest BCUT2D eigenvalue weighted by Gasteiger charge is 2.33. The number of thiophene rings is 1. The summed E-state index contributed by atoms with van der Waals surface area (Å²) in [4.78, 5) is 19.6. The summed E-state index contributed by atoms with van der Waals surface area (Å²) in [6, 6.07) is 19.7. The molecule has 2 aromatic carbocycles. The fourth-order valence-corrected chi connectivity index (χ4v) is 6.67. The summed E-state index contributed by atoms with van der Waals surface area (Å²) in [5.41, 5.74) is 4.12. The first kappa shape index (κ1) is 27.4. The Balaban J connectivity index is 1.37. The second kappa shape index (κ2) is 11.9. The predicted octanol–water partition coefficient (Wildman–Crippen LogP) is 8.51. The van der Waals surface area contributed by atoms with Crippen LogP contribution in [0.2, 0.25) is 0 Å². The molecule has 0 bridgehead atoms. The molecule has 0 saturated heterocycles. The monoisotopic (exact) mass is 604 g/mol. The van der Waals surface area contributed by atoms with Crippen LogP contribution in [0, 0.1) is 11.3 Å².